The van der Waals surface area contributed by atoms with Crippen molar-refractivity contribution in [1.29, 1.82) is 0 Å². The highest BCUT2D eigenvalue weighted by Gasteiger charge is 2.14. The van der Waals surface area contributed by atoms with E-state index in [1.165, 1.54) is 24.9 Å². The first kappa shape index (κ1) is 15.6. The van der Waals surface area contributed by atoms with Gasteiger partial charge in [0, 0.05) is 32.7 Å². The van der Waals surface area contributed by atoms with Crippen LogP contribution in [0.15, 0.2) is 24.3 Å². The van der Waals surface area contributed by atoms with Crippen LogP contribution in [0.4, 0.5) is 11.4 Å². The molecule has 0 bridgehead atoms. The van der Waals surface area contributed by atoms with Gasteiger partial charge in [-0.25, -0.2) is 0 Å². The van der Waals surface area contributed by atoms with E-state index in [4.69, 9.17) is 9.57 Å². The Kier molecular flexibility index (Phi) is 5.93. The fourth-order valence-electron chi connectivity index (χ4n) is 3.10. The van der Waals surface area contributed by atoms with E-state index < -0.39 is 0 Å². The van der Waals surface area contributed by atoms with Gasteiger partial charge in [-0.3, -0.25) is 15.2 Å². The molecule has 22 heavy (non-hydrogen) atoms. The number of nitrogens with zero attached hydrogens (tertiary/aromatic N) is 2. The maximum Gasteiger partial charge on any atom is 0.0873 e. The molecule has 2 aliphatic heterocycles. The predicted octanol–water partition coefficient (Wildman–Crippen LogP) is 2.35. The molecule has 2 fully saturated rings. The van der Waals surface area contributed by atoms with Crippen molar-refractivity contribution in [2.24, 2.45) is 0 Å². The number of anilines is 2. The van der Waals surface area contributed by atoms with E-state index in [9.17, 15) is 0 Å². The Morgan fingerprint density at radius 3 is 2.59 bits per heavy atom. The molecule has 3 rings (SSSR count). The number of piperidine rings is 1. The van der Waals surface area contributed by atoms with Crippen LogP contribution in [0, 0.1) is 0 Å². The number of benzene rings is 1. The molecule has 1 N–H and O–H groups in total. The van der Waals surface area contributed by atoms with Crippen molar-refractivity contribution < 1.29 is 9.57 Å². The number of hydrogen-bond acceptors (Lipinski definition) is 5. The van der Waals surface area contributed by atoms with Gasteiger partial charge in [0.2, 0.25) is 0 Å². The number of para-hydroxylation sites is 2. The lowest BCUT2D eigenvalue weighted by Crippen LogP contribution is -2.38. The van der Waals surface area contributed by atoms with Crippen molar-refractivity contribution in [3.8, 4) is 0 Å². The molecule has 0 radical (unpaired) electrons. The number of nitrogens with one attached hydrogen (secondary N) is 1. The molecule has 1 aromatic rings. The van der Waals surface area contributed by atoms with Crippen LogP contribution in [0.25, 0.3) is 0 Å². The largest absolute Gasteiger partial charge is 0.379 e. The van der Waals surface area contributed by atoms with E-state index in [0.717, 1.165) is 51.6 Å². The van der Waals surface area contributed by atoms with Gasteiger partial charge in [0.25, 0.3) is 0 Å². The van der Waals surface area contributed by atoms with Crippen LogP contribution in [0.3, 0.4) is 0 Å². The van der Waals surface area contributed by atoms with Crippen LogP contribution in [-0.2, 0) is 9.57 Å². The van der Waals surface area contributed by atoms with E-state index in [2.05, 4.69) is 39.5 Å². The van der Waals surface area contributed by atoms with E-state index in [0.29, 0.717) is 6.61 Å². The average molecular weight is 305 g/mol. The summed E-state index contributed by atoms with van der Waals surface area (Å²) in [6.07, 6.45) is 3.92. The second kappa shape index (κ2) is 8.36. The molecule has 2 heterocycles. The van der Waals surface area contributed by atoms with Gasteiger partial charge in [-0.2, -0.15) is 0 Å². The Balaban J connectivity index is 1.47. The lowest BCUT2D eigenvalue weighted by molar-refractivity contribution is 0.0261. The van der Waals surface area contributed by atoms with E-state index in [1.54, 1.807) is 0 Å². The number of hydrogen-bond donors (Lipinski definition) is 1. The summed E-state index contributed by atoms with van der Waals surface area (Å²) >= 11 is 0. The predicted molar refractivity (Wildman–Crippen MR) is 89.3 cm³/mol. The fraction of sp³-hybridized carbons (Fsp3) is 0.647. The van der Waals surface area contributed by atoms with Crippen molar-refractivity contribution in [2.75, 3.05) is 62.9 Å². The molecule has 0 saturated carbocycles. The molecule has 0 aromatic heterocycles. The van der Waals surface area contributed by atoms with Crippen molar-refractivity contribution >= 4 is 11.4 Å². The summed E-state index contributed by atoms with van der Waals surface area (Å²) < 4.78 is 5.35. The number of ether oxygens (including phenoxy) is 1. The van der Waals surface area contributed by atoms with Crippen LogP contribution >= 0.6 is 0 Å². The quantitative estimate of drug-likeness (QED) is 0.645. The standard InChI is InChI=1S/C17H27N3O2/c1-4-8-20(9-5-1)17-7-3-2-6-16(17)18-22-15-12-19-10-13-21-14-11-19/h2-3,6-7,18H,1,4-5,8-15H2. The van der Waals surface area contributed by atoms with Crippen molar-refractivity contribution in [3.63, 3.8) is 0 Å². The van der Waals surface area contributed by atoms with Crippen LogP contribution in [0.2, 0.25) is 0 Å². The van der Waals surface area contributed by atoms with Crippen molar-refractivity contribution in [1.82, 2.24) is 4.90 Å². The zero-order chi connectivity index (χ0) is 15.0. The molecule has 0 atom stereocenters. The van der Waals surface area contributed by atoms with Crippen LogP contribution in [0.5, 0.6) is 0 Å². The molecular weight excluding hydrogens is 278 g/mol. The minimum Gasteiger partial charge on any atom is -0.379 e. The Hall–Kier alpha value is -1.30. The molecule has 5 nitrogen and oxygen atoms in total. The first-order valence-electron chi connectivity index (χ1n) is 8.45. The molecule has 0 spiro atoms. The summed E-state index contributed by atoms with van der Waals surface area (Å²) in [6, 6.07) is 8.43. The highest BCUT2D eigenvalue weighted by Crippen LogP contribution is 2.28. The maximum atomic E-state index is 5.69. The van der Waals surface area contributed by atoms with E-state index in [-0.39, 0.29) is 0 Å². The first-order chi connectivity index (χ1) is 10.9. The highest BCUT2D eigenvalue weighted by molar-refractivity contribution is 5.69. The van der Waals surface area contributed by atoms with E-state index in [1.807, 2.05) is 0 Å². The summed E-state index contributed by atoms with van der Waals surface area (Å²) in [4.78, 5) is 10.5. The molecule has 0 unspecified atom stereocenters. The first-order valence-corrected chi connectivity index (χ1v) is 8.45. The molecule has 1 aromatic carbocycles. The number of morpholine rings is 1. The van der Waals surface area contributed by atoms with Crippen molar-refractivity contribution in [2.45, 2.75) is 19.3 Å². The minimum absolute atomic E-state index is 0.689. The van der Waals surface area contributed by atoms with Gasteiger partial charge in [-0.15, -0.1) is 0 Å². The van der Waals surface area contributed by atoms with Gasteiger partial charge in [0.1, 0.15) is 0 Å². The van der Waals surface area contributed by atoms with Crippen LogP contribution in [0.1, 0.15) is 19.3 Å². The third-order valence-electron chi connectivity index (χ3n) is 4.40. The highest BCUT2D eigenvalue weighted by atomic mass is 16.6. The van der Waals surface area contributed by atoms with Gasteiger partial charge in [-0.05, 0) is 31.4 Å². The summed E-state index contributed by atoms with van der Waals surface area (Å²) in [6.45, 7) is 7.62. The smallest absolute Gasteiger partial charge is 0.0873 e. The Morgan fingerprint density at radius 2 is 1.77 bits per heavy atom. The normalized spacial score (nSPS) is 20.1. The molecule has 122 valence electrons. The maximum absolute atomic E-state index is 5.69. The molecule has 5 heteroatoms. The Bertz CT molecular complexity index is 443. The summed E-state index contributed by atoms with van der Waals surface area (Å²) in [7, 11) is 0. The summed E-state index contributed by atoms with van der Waals surface area (Å²) in [5.74, 6) is 0. The lowest BCUT2D eigenvalue weighted by Gasteiger charge is -2.30. The van der Waals surface area contributed by atoms with Crippen LogP contribution < -0.4 is 10.4 Å². The second-order valence-corrected chi connectivity index (χ2v) is 5.97. The van der Waals surface area contributed by atoms with Gasteiger partial charge in [0.15, 0.2) is 0 Å². The third-order valence-corrected chi connectivity index (χ3v) is 4.40. The number of rotatable bonds is 6. The summed E-state index contributed by atoms with van der Waals surface area (Å²) in [5.41, 5.74) is 5.48. The lowest BCUT2D eigenvalue weighted by atomic mass is 10.1. The van der Waals surface area contributed by atoms with Crippen LogP contribution in [-0.4, -0.2) is 57.4 Å². The Morgan fingerprint density at radius 1 is 1.00 bits per heavy atom. The summed E-state index contributed by atoms with van der Waals surface area (Å²) in [5, 5.41) is 0. The topological polar surface area (TPSA) is 37.0 Å². The minimum atomic E-state index is 0.689. The van der Waals surface area contributed by atoms with Crippen molar-refractivity contribution in [3.05, 3.63) is 24.3 Å². The molecule has 0 amide bonds. The molecule has 0 aliphatic carbocycles. The second-order valence-electron chi connectivity index (χ2n) is 5.97. The molecule has 2 aliphatic rings. The monoisotopic (exact) mass is 305 g/mol. The molecular formula is C17H27N3O2. The Labute approximate surface area is 133 Å². The van der Waals surface area contributed by atoms with Gasteiger partial charge >= 0.3 is 0 Å². The average Bonchev–Trinajstić information content (AvgIpc) is 2.61. The zero-order valence-corrected chi connectivity index (χ0v) is 13.3. The SMILES string of the molecule is c1ccc(N2CCCCC2)c(NOCCN2CCOCC2)c1. The van der Waals surface area contributed by atoms with Gasteiger partial charge < -0.3 is 9.64 Å². The van der Waals surface area contributed by atoms with Gasteiger partial charge in [-0.1, -0.05) is 12.1 Å². The third kappa shape index (κ3) is 4.35. The zero-order valence-electron chi connectivity index (χ0n) is 13.3. The fourth-order valence-corrected chi connectivity index (χ4v) is 3.10. The molecule has 2 saturated heterocycles. The van der Waals surface area contributed by atoms with E-state index >= 15 is 0 Å². The van der Waals surface area contributed by atoms with Gasteiger partial charge in [0.05, 0.1) is 31.2 Å².